The maximum atomic E-state index is 11.9. The highest BCUT2D eigenvalue weighted by atomic mass is 16.5. The molecule has 0 heterocycles. The Balaban J connectivity index is 2.00. The molecule has 0 spiro atoms. The van der Waals surface area contributed by atoms with Gasteiger partial charge in [0.25, 0.3) is 5.91 Å². The lowest BCUT2D eigenvalue weighted by molar-refractivity contribution is -0.130. The van der Waals surface area contributed by atoms with Crippen molar-refractivity contribution in [3.63, 3.8) is 0 Å². The Bertz CT molecular complexity index is 601. The van der Waals surface area contributed by atoms with E-state index < -0.39 is 0 Å². The van der Waals surface area contributed by atoms with E-state index in [1.54, 1.807) is 0 Å². The van der Waals surface area contributed by atoms with Crippen molar-refractivity contribution in [3.05, 3.63) is 29.8 Å². The van der Waals surface area contributed by atoms with Crippen molar-refractivity contribution in [1.82, 2.24) is 10.9 Å². The second-order valence-electron chi connectivity index (χ2n) is 8.55. The van der Waals surface area contributed by atoms with Crippen LogP contribution in [0.3, 0.4) is 0 Å². The van der Waals surface area contributed by atoms with Crippen LogP contribution in [0.5, 0.6) is 5.75 Å². The van der Waals surface area contributed by atoms with Gasteiger partial charge < -0.3 is 4.74 Å². The van der Waals surface area contributed by atoms with Crippen LogP contribution in [0.1, 0.15) is 116 Å². The maximum Gasteiger partial charge on any atom is 0.276 e. The van der Waals surface area contributed by atoms with Crippen LogP contribution in [0.15, 0.2) is 24.3 Å². The summed E-state index contributed by atoms with van der Waals surface area (Å²) in [5, 5.41) is 0. The molecule has 0 fully saturated rings. The van der Waals surface area contributed by atoms with Crippen LogP contribution in [-0.4, -0.2) is 18.4 Å². The number of carbonyl (C=O) groups is 2. The summed E-state index contributed by atoms with van der Waals surface area (Å²) >= 11 is 0. The van der Waals surface area contributed by atoms with Crippen molar-refractivity contribution >= 4 is 11.8 Å². The van der Waals surface area contributed by atoms with Gasteiger partial charge in [-0.05, 0) is 36.5 Å². The molecule has 0 aliphatic rings. The molecule has 1 aromatic rings. The van der Waals surface area contributed by atoms with Crippen LogP contribution in [0.4, 0.5) is 0 Å². The summed E-state index contributed by atoms with van der Waals surface area (Å²) in [5.41, 5.74) is 6.14. The number of hydrogen-bond acceptors (Lipinski definition) is 3. The van der Waals surface area contributed by atoms with E-state index in [1.165, 1.54) is 63.4 Å². The topological polar surface area (TPSA) is 67.4 Å². The van der Waals surface area contributed by atoms with Crippen molar-refractivity contribution in [2.75, 3.05) is 6.61 Å². The molecule has 31 heavy (non-hydrogen) atoms. The van der Waals surface area contributed by atoms with Gasteiger partial charge >= 0.3 is 0 Å². The minimum absolute atomic E-state index is 0.124. The molecule has 0 saturated carbocycles. The molecule has 0 radical (unpaired) electrons. The minimum Gasteiger partial charge on any atom is -0.484 e. The van der Waals surface area contributed by atoms with Gasteiger partial charge in [0.1, 0.15) is 5.75 Å². The number of hydrazine groups is 1. The van der Waals surface area contributed by atoms with Crippen molar-refractivity contribution in [2.45, 2.75) is 110 Å². The van der Waals surface area contributed by atoms with E-state index in [-0.39, 0.29) is 18.4 Å². The highest BCUT2D eigenvalue weighted by Gasteiger charge is 2.07. The molecule has 5 nitrogen and oxygen atoms in total. The van der Waals surface area contributed by atoms with Crippen molar-refractivity contribution in [2.24, 2.45) is 0 Å². The predicted octanol–water partition coefficient (Wildman–Crippen LogP) is 6.43. The fourth-order valence-corrected chi connectivity index (χ4v) is 3.46. The molecule has 0 aromatic heterocycles. The maximum absolute atomic E-state index is 11.9. The molecule has 0 bridgehead atoms. The first kappa shape index (κ1) is 27.0. The molecule has 5 heteroatoms. The van der Waals surface area contributed by atoms with E-state index in [4.69, 9.17) is 4.74 Å². The van der Waals surface area contributed by atoms with Gasteiger partial charge in [0.05, 0.1) is 0 Å². The monoisotopic (exact) mass is 432 g/mol. The summed E-state index contributed by atoms with van der Waals surface area (Å²) in [6, 6.07) is 7.80. The molecular weight excluding hydrogens is 388 g/mol. The first-order valence-corrected chi connectivity index (χ1v) is 12.4. The number of hydrogen-bond donors (Lipinski definition) is 2. The number of rotatable bonds is 17. The van der Waals surface area contributed by atoms with Crippen LogP contribution in [-0.2, 0) is 9.59 Å². The number of nitrogens with one attached hydrogen (secondary N) is 2. The number of unbranched alkanes of at least 4 members (excludes halogenated alkanes) is 10. The smallest absolute Gasteiger partial charge is 0.276 e. The molecule has 1 unspecified atom stereocenters. The van der Waals surface area contributed by atoms with Crippen molar-refractivity contribution < 1.29 is 14.3 Å². The van der Waals surface area contributed by atoms with Gasteiger partial charge in [-0.1, -0.05) is 97.1 Å². The summed E-state index contributed by atoms with van der Waals surface area (Å²) in [4.78, 5) is 23.7. The molecule has 0 aliphatic heterocycles. The number of amides is 2. The number of ether oxygens (including phenoxy) is 1. The molecule has 1 aromatic carbocycles. The molecule has 1 atom stereocenters. The van der Waals surface area contributed by atoms with E-state index in [0.29, 0.717) is 18.1 Å². The molecule has 176 valence electrons. The highest BCUT2D eigenvalue weighted by molar-refractivity contribution is 5.82. The van der Waals surface area contributed by atoms with E-state index >= 15 is 0 Å². The lowest BCUT2D eigenvalue weighted by Gasteiger charge is -2.11. The highest BCUT2D eigenvalue weighted by Crippen LogP contribution is 2.21. The Hall–Kier alpha value is -2.04. The van der Waals surface area contributed by atoms with Crippen molar-refractivity contribution in [1.29, 1.82) is 0 Å². The summed E-state index contributed by atoms with van der Waals surface area (Å²) < 4.78 is 5.48. The van der Waals surface area contributed by atoms with Gasteiger partial charge in [0.15, 0.2) is 6.61 Å². The van der Waals surface area contributed by atoms with E-state index in [9.17, 15) is 9.59 Å². The van der Waals surface area contributed by atoms with Gasteiger partial charge in [0, 0.05) is 6.42 Å². The van der Waals surface area contributed by atoms with Gasteiger partial charge in [-0.2, -0.15) is 0 Å². The first-order chi connectivity index (χ1) is 15.1. The average molecular weight is 433 g/mol. The molecule has 0 saturated heterocycles. The Morgan fingerprint density at radius 2 is 1.29 bits per heavy atom. The Kier molecular flexibility index (Phi) is 15.3. The summed E-state index contributed by atoms with van der Waals surface area (Å²) in [7, 11) is 0. The van der Waals surface area contributed by atoms with Crippen LogP contribution < -0.4 is 15.6 Å². The zero-order valence-electron chi connectivity index (χ0n) is 20.0. The quantitative estimate of drug-likeness (QED) is 0.220. The summed E-state index contributed by atoms with van der Waals surface area (Å²) in [6.07, 6.45) is 15.3. The Morgan fingerprint density at radius 3 is 1.84 bits per heavy atom. The fraction of sp³-hybridized carbons (Fsp3) is 0.692. The third-order valence-electron chi connectivity index (χ3n) is 5.78. The lowest BCUT2D eigenvalue weighted by atomic mass is 9.99. The van der Waals surface area contributed by atoms with E-state index in [1.807, 2.05) is 24.3 Å². The third kappa shape index (κ3) is 13.8. The molecule has 0 aliphatic carbocycles. The van der Waals surface area contributed by atoms with Crippen LogP contribution in [0, 0.1) is 0 Å². The molecule has 1 rings (SSSR count). The predicted molar refractivity (Wildman–Crippen MR) is 128 cm³/mol. The van der Waals surface area contributed by atoms with Crippen LogP contribution in [0.2, 0.25) is 0 Å². The van der Waals surface area contributed by atoms with Gasteiger partial charge in [0.2, 0.25) is 5.91 Å². The first-order valence-electron chi connectivity index (χ1n) is 12.4. The van der Waals surface area contributed by atoms with Crippen LogP contribution >= 0.6 is 0 Å². The van der Waals surface area contributed by atoms with Crippen LogP contribution in [0.25, 0.3) is 0 Å². The van der Waals surface area contributed by atoms with Crippen molar-refractivity contribution in [3.8, 4) is 5.75 Å². The second kappa shape index (κ2) is 17.6. The second-order valence-corrected chi connectivity index (χ2v) is 8.55. The Labute approximate surface area is 189 Å². The average Bonchev–Trinajstić information content (AvgIpc) is 2.79. The molecule has 2 N–H and O–H groups in total. The normalized spacial score (nSPS) is 11.7. The molecular formula is C26H44N2O3. The minimum atomic E-state index is -0.363. The van der Waals surface area contributed by atoms with Gasteiger partial charge in [-0.25, -0.2) is 0 Å². The van der Waals surface area contributed by atoms with E-state index in [2.05, 4.69) is 31.6 Å². The fourth-order valence-electron chi connectivity index (χ4n) is 3.46. The molecule has 2 amide bonds. The van der Waals surface area contributed by atoms with E-state index in [0.717, 1.165) is 19.3 Å². The summed E-state index contributed by atoms with van der Waals surface area (Å²) in [6.45, 7) is 6.46. The lowest BCUT2D eigenvalue weighted by Crippen LogP contribution is -2.43. The van der Waals surface area contributed by atoms with Gasteiger partial charge in [-0.15, -0.1) is 0 Å². The zero-order valence-corrected chi connectivity index (χ0v) is 20.0. The zero-order chi connectivity index (χ0) is 22.7. The van der Waals surface area contributed by atoms with Gasteiger partial charge in [-0.3, -0.25) is 20.4 Å². The standard InChI is InChI=1S/C26H44N2O3/c1-4-6-7-8-9-10-11-12-13-14-15-16-25(29)27-28-26(30)21-31-24-19-17-23(18-20-24)22(3)5-2/h17-20,22H,4-16,21H2,1-3H3,(H,27,29)(H,28,30). The number of benzene rings is 1. The summed E-state index contributed by atoms with van der Waals surface area (Å²) in [5.74, 6) is 0.642. The SMILES string of the molecule is CCCCCCCCCCCCCC(=O)NNC(=O)COc1ccc(C(C)CC)cc1. The third-order valence-corrected chi connectivity index (χ3v) is 5.78. The Morgan fingerprint density at radius 1 is 0.774 bits per heavy atom. The largest absolute Gasteiger partial charge is 0.484 e. The number of carbonyl (C=O) groups excluding carboxylic acids is 2.